The molecule has 0 aliphatic heterocycles. The molecule has 0 spiro atoms. The highest BCUT2D eigenvalue weighted by atomic mass is 16.5. The van der Waals surface area contributed by atoms with Crippen LogP contribution in [0.2, 0.25) is 0 Å². The van der Waals surface area contributed by atoms with Crippen LogP contribution in [0.25, 0.3) is 0 Å². The van der Waals surface area contributed by atoms with Crippen LogP contribution in [0.3, 0.4) is 0 Å². The Bertz CT molecular complexity index is 385. The maximum Gasteiger partial charge on any atom is 0.306 e. The number of carbonyl (C=O) groups is 1. The fraction of sp³-hybridized carbons (Fsp3) is 0.583. The Labute approximate surface area is 94.8 Å². The van der Waals surface area contributed by atoms with E-state index in [0.717, 1.165) is 30.6 Å². The molecule has 0 aromatic carbocycles. The van der Waals surface area contributed by atoms with Crippen molar-refractivity contribution in [1.82, 2.24) is 0 Å². The van der Waals surface area contributed by atoms with Gasteiger partial charge in [0.2, 0.25) is 0 Å². The number of furan rings is 1. The third-order valence-corrected chi connectivity index (χ3v) is 3.48. The van der Waals surface area contributed by atoms with E-state index in [-0.39, 0.29) is 11.4 Å². The molecule has 1 aliphatic carbocycles. The zero-order valence-corrected chi connectivity index (χ0v) is 9.49. The quantitative estimate of drug-likeness (QED) is 0.786. The van der Waals surface area contributed by atoms with Gasteiger partial charge in [-0.05, 0) is 18.9 Å². The van der Waals surface area contributed by atoms with Crippen molar-refractivity contribution < 1.29 is 13.9 Å². The van der Waals surface area contributed by atoms with E-state index in [9.17, 15) is 4.79 Å². The predicted octanol–water partition coefficient (Wildman–Crippen LogP) is 1.38. The third-order valence-electron chi connectivity index (χ3n) is 3.48. The van der Waals surface area contributed by atoms with Crippen LogP contribution in [0.1, 0.15) is 30.6 Å². The van der Waals surface area contributed by atoms with Gasteiger partial charge in [0.25, 0.3) is 0 Å². The maximum absolute atomic E-state index is 11.5. The second-order valence-electron chi connectivity index (χ2n) is 4.35. The Balaban J connectivity index is 2.32. The molecule has 88 valence electrons. The van der Waals surface area contributed by atoms with Crippen LogP contribution in [0.4, 0.5) is 0 Å². The van der Waals surface area contributed by atoms with Crippen LogP contribution in [-0.2, 0) is 21.4 Å². The summed E-state index contributed by atoms with van der Waals surface area (Å²) < 4.78 is 10.2. The monoisotopic (exact) mass is 223 g/mol. The van der Waals surface area contributed by atoms with Gasteiger partial charge in [-0.15, -0.1) is 0 Å². The summed E-state index contributed by atoms with van der Waals surface area (Å²) in [7, 11) is 1.41. The maximum atomic E-state index is 11.5. The van der Waals surface area contributed by atoms with Crippen molar-refractivity contribution in [2.24, 2.45) is 5.73 Å². The summed E-state index contributed by atoms with van der Waals surface area (Å²) in [6, 6.07) is 1.93. The van der Waals surface area contributed by atoms with E-state index in [0.29, 0.717) is 13.0 Å². The summed E-state index contributed by atoms with van der Waals surface area (Å²) in [6.45, 7) is 0.453. The molecule has 0 saturated carbocycles. The highest BCUT2D eigenvalue weighted by Gasteiger charge is 2.39. The minimum absolute atomic E-state index is 0.209. The van der Waals surface area contributed by atoms with Gasteiger partial charge in [0, 0.05) is 23.9 Å². The van der Waals surface area contributed by atoms with Crippen molar-refractivity contribution in [2.45, 2.75) is 31.1 Å². The van der Waals surface area contributed by atoms with Gasteiger partial charge in [0.15, 0.2) is 0 Å². The lowest BCUT2D eigenvalue weighted by molar-refractivity contribution is -0.142. The number of aryl methyl sites for hydroxylation is 1. The highest BCUT2D eigenvalue weighted by molar-refractivity contribution is 5.71. The molecule has 2 rings (SSSR count). The van der Waals surface area contributed by atoms with Crippen LogP contribution < -0.4 is 5.73 Å². The molecule has 1 aliphatic rings. The molecule has 1 heterocycles. The minimum atomic E-state index is -0.284. The van der Waals surface area contributed by atoms with Crippen LogP contribution in [0, 0.1) is 0 Å². The summed E-state index contributed by atoms with van der Waals surface area (Å²) in [6.07, 6.45) is 4.88. The topological polar surface area (TPSA) is 65.5 Å². The molecule has 2 N–H and O–H groups in total. The lowest BCUT2D eigenvalue weighted by atomic mass is 9.70. The van der Waals surface area contributed by atoms with Crippen molar-refractivity contribution in [3.05, 3.63) is 23.7 Å². The Hall–Kier alpha value is -1.29. The van der Waals surface area contributed by atoms with Crippen molar-refractivity contribution in [1.29, 1.82) is 0 Å². The number of hydrogen-bond donors (Lipinski definition) is 1. The number of nitrogens with two attached hydrogens (primary N) is 1. The number of carbonyl (C=O) groups excluding carboxylic acids is 1. The first kappa shape index (κ1) is 11.2. The molecule has 1 unspecified atom stereocenters. The van der Waals surface area contributed by atoms with Gasteiger partial charge in [-0.25, -0.2) is 0 Å². The second kappa shape index (κ2) is 4.29. The minimum Gasteiger partial charge on any atom is -0.469 e. The molecule has 1 atom stereocenters. The standard InChI is InChI=1S/C12H17NO3/c1-15-11(14)7-12(8-13)5-2-3-10-9(12)4-6-16-10/h4,6H,2-3,5,7-8,13H2,1H3. The Morgan fingerprint density at radius 3 is 3.19 bits per heavy atom. The summed E-state index contributed by atoms with van der Waals surface area (Å²) in [5.74, 6) is 0.764. The number of methoxy groups -OCH3 is 1. The SMILES string of the molecule is COC(=O)CC1(CN)CCCc2occc21. The summed E-state index contributed by atoms with van der Waals surface area (Å²) in [4.78, 5) is 11.5. The fourth-order valence-electron chi connectivity index (χ4n) is 2.55. The molecule has 0 saturated heterocycles. The first-order valence-electron chi connectivity index (χ1n) is 5.55. The van der Waals surface area contributed by atoms with Gasteiger partial charge >= 0.3 is 5.97 Å². The first-order chi connectivity index (χ1) is 7.72. The first-order valence-corrected chi connectivity index (χ1v) is 5.55. The third kappa shape index (κ3) is 1.73. The van der Waals surface area contributed by atoms with Gasteiger partial charge in [-0.3, -0.25) is 4.79 Å². The Morgan fingerprint density at radius 1 is 1.69 bits per heavy atom. The van der Waals surface area contributed by atoms with Gasteiger partial charge in [0.1, 0.15) is 5.76 Å². The van der Waals surface area contributed by atoms with Gasteiger partial charge < -0.3 is 14.9 Å². The molecule has 0 radical (unpaired) electrons. The zero-order valence-electron chi connectivity index (χ0n) is 9.49. The number of rotatable bonds is 3. The molecule has 4 nitrogen and oxygen atoms in total. The fourth-order valence-corrected chi connectivity index (χ4v) is 2.55. The van der Waals surface area contributed by atoms with Crippen molar-refractivity contribution in [3.8, 4) is 0 Å². The molecule has 0 fully saturated rings. The molecular formula is C12H17NO3. The number of esters is 1. The van der Waals surface area contributed by atoms with E-state index in [2.05, 4.69) is 0 Å². The zero-order chi connectivity index (χ0) is 11.6. The summed E-state index contributed by atoms with van der Waals surface area (Å²) in [5, 5.41) is 0. The predicted molar refractivity (Wildman–Crippen MR) is 59.0 cm³/mol. The van der Waals surface area contributed by atoms with Crippen molar-refractivity contribution in [2.75, 3.05) is 13.7 Å². The van der Waals surface area contributed by atoms with E-state index in [1.54, 1.807) is 6.26 Å². The average molecular weight is 223 g/mol. The van der Waals surface area contributed by atoms with E-state index >= 15 is 0 Å². The molecule has 16 heavy (non-hydrogen) atoms. The molecule has 1 aromatic rings. The van der Waals surface area contributed by atoms with E-state index in [4.69, 9.17) is 14.9 Å². The van der Waals surface area contributed by atoms with Crippen molar-refractivity contribution in [3.63, 3.8) is 0 Å². The van der Waals surface area contributed by atoms with Gasteiger partial charge in [-0.1, -0.05) is 0 Å². The van der Waals surface area contributed by atoms with Crippen LogP contribution in [0.5, 0.6) is 0 Å². The average Bonchev–Trinajstić information content (AvgIpc) is 2.78. The number of fused-ring (bicyclic) bond motifs is 1. The van der Waals surface area contributed by atoms with Crippen LogP contribution >= 0.6 is 0 Å². The summed E-state index contributed by atoms with van der Waals surface area (Å²) in [5.41, 5.74) is 6.67. The Kier molecular flexibility index (Phi) is 3.01. The molecular weight excluding hydrogens is 206 g/mol. The van der Waals surface area contributed by atoms with E-state index in [1.165, 1.54) is 7.11 Å². The van der Waals surface area contributed by atoms with Gasteiger partial charge in [-0.2, -0.15) is 0 Å². The lowest BCUT2D eigenvalue weighted by Crippen LogP contribution is -2.40. The van der Waals surface area contributed by atoms with E-state index in [1.807, 2.05) is 6.07 Å². The summed E-state index contributed by atoms with van der Waals surface area (Å²) >= 11 is 0. The largest absolute Gasteiger partial charge is 0.469 e. The Morgan fingerprint density at radius 2 is 2.50 bits per heavy atom. The van der Waals surface area contributed by atoms with Crippen LogP contribution in [-0.4, -0.2) is 19.6 Å². The number of ether oxygens (including phenoxy) is 1. The highest BCUT2D eigenvalue weighted by Crippen LogP contribution is 2.40. The second-order valence-corrected chi connectivity index (χ2v) is 4.35. The number of hydrogen-bond acceptors (Lipinski definition) is 4. The van der Waals surface area contributed by atoms with E-state index < -0.39 is 0 Å². The van der Waals surface area contributed by atoms with Crippen molar-refractivity contribution >= 4 is 5.97 Å². The smallest absolute Gasteiger partial charge is 0.306 e. The molecule has 0 amide bonds. The van der Waals surface area contributed by atoms with Crippen LogP contribution in [0.15, 0.2) is 16.7 Å². The molecule has 4 heteroatoms. The normalized spacial score (nSPS) is 23.9. The molecule has 0 bridgehead atoms. The lowest BCUT2D eigenvalue weighted by Gasteiger charge is -2.34. The molecule has 1 aromatic heterocycles. The van der Waals surface area contributed by atoms with Gasteiger partial charge in [0.05, 0.1) is 19.8 Å².